The Morgan fingerprint density at radius 1 is 1.17 bits per heavy atom. The van der Waals surface area contributed by atoms with Gasteiger partial charge in [-0.2, -0.15) is 10.1 Å². The van der Waals surface area contributed by atoms with Crippen molar-refractivity contribution < 1.29 is 13.9 Å². The van der Waals surface area contributed by atoms with Crippen LogP contribution in [0.15, 0.2) is 47.8 Å². The summed E-state index contributed by atoms with van der Waals surface area (Å²) in [7, 11) is 1.62. The Hall–Kier alpha value is -4.12. The number of morpholine rings is 1. The lowest BCUT2D eigenvalue weighted by Gasteiger charge is -2.27. The first-order chi connectivity index (χ1) is 17.1. The van der Waals surface area contributed by atoms with Gasteiger partial charge in [-0.15, -0.1) is 0 Å². The van der Waals surface area contributed by atoms with Crippen molar-refractivity contribution in [1.29, 1.82) is 0 Å². The average Bonchev–Trinajstić information content (AvgIpc) is 2.90. The number of aromatic nitrogens is 3. The van der Waals surface area contributed by atoms with E-state index in [-0.39, 0.29) is 17.7 Å². The Balaban J connectivity index is 1.37. The molecule has 2 aromatic heterocycles. The lowest BCUT2D eigenvalue weighted by molar-refractivity contribution is 0.0962. The number of hydrogen-bond acceptors (Lipinski definition) is 9. The molecule has 10 nitrogen and oxygen atoms in total. The third-order valence-electron chi connectivity index (χ3n) is 5.43. The van der Waals surface area contributed by atoms with Crippen LogP contribution in [0.1, 0.15) is 28.5 Å². The summed E-state index contributed by atoms with van der Waals surface area (Å²) in [6.07, 6.45) is 5.08. The molecule has 0 unspecified atom stereocenters. The molecule has 1 aliphatic heterocycles. The normalized spacial score (nSPS) is 13.6. The predicted molar refractivity (Wildman–Crippen MR) is 133 cm³/mol. The molecule has 1 aromatic carbocycles. The maximum atomic E-state index is 14.1. The Bertz CT molecular complexity index is 1200. The molecule has 1 aliphatic rings. The minimum absolute atomic E-state index is 0.101. The third-order valence-corrected chi connectivity index (χ3v) is 5.43. The van der Waals surface area contributed by atoms with Gasteiger partial charge in [0.15, 0.2) is 11.6 Å². The molecule has 1 amide bonds. The van der Waals surface area contributed by atoms with Crippen molar-refractivity contribution in [3.63, 3.8) is 0 Å². The molecule has 0 saturated carbocycles. The number of carbonyl (C=O) groups excluding carboxylic acids is 1. The van der Waals surface area contributed by atoms with E-state index in [0.717, 1.165) is 29.6 Å². The molecule has 35 heavy (non-hydrogen) atoms. The van der Waals surface area contributed by atoms with Gasteiger partial charge in [0.05, 0.1) is 43.2 Å². The first-order valence-electron chi connectivity index (χ1n) is 11.3. The zero-order valence-corrected chi connectivity index (χ0v) is 19.6. The zero-order valence-electron chi connectivity index (χ0n) is 19.6. The quantitative estimate of drug-likeness (QED) is 0.334. The maximum Gasteiger partial charge on any atom is 0.251 e. The second-order valence-corrected chi connectivity index (χ2v) is 7.74. The second-order valence-electron chi connectivity index (χ2n) is 7.74. The first-order valence-corrected chi connectivity index (χ1v) is 11.3. The molecule has 0 atom stereocenters. The van der Waals surface area contributed by atoms with E-state index in [0.29, 0.717) is 37.6 Å². The lowest BCUT2D eigenvalue weighted by atomic mass is 10.0. The number of amides is 1. The molecule has 0 spiro atoms. The molecule has 0 bridgehead atoms. The maximum absolute atomic E-state index is 14.1. The molecule has 1 fully saturated rings. The van der Waals surface area contributed by atoms with Crippen LogP contribution in [0.5, 0.6) is 0 Å². The fourth-order valence-electron chi connectivity index (χ4n) is 3.61. The number of nitrogens with zero attached hydrogens (tertiary/aromatic N) is 5. The monoisotopic (exact) mass is 478 g/mol. The van der Waals surface area contributed by atoms with E-state index in [1.54, 1.807) is 19.3 Å². The van der Waals surface area contributed by atoms with E-state index < -0.39 is 5.82 Å². The number of halogens is 1. The van der Waals surface area contributed by atoms with Crippen LogP contribution in [0.25, 0.3) is 0 Å². The van der Waals surface area contributed by atoms with Crippen LogP contribution >= 0.6 is 0 Å². The number of ether oxygens (including phenoxy) is 1. The minimum Gasteiger partial charge on any atom is -0.378 e. The van der Waals surface area contributed by atoms with Gasteiger partial charge in [-0.25, -0.2) is 14.8 Å². The number of hydrazone groups is 1. The van der Waals surface area contributed by atoms with E-state index in [9.17, 15) is 9.18 Å². The van der Waals surface area contributed by atoms with Gasteiger partial charge < -0.3 is 20.3 Å². The number of hydrogen-bond donors (Lipinski definition) is 3. The van der Waals surface area contributed by atoms with E-state index in [2.05, 4.69) is 36.1 Å². The summed E-state index contributed by atoms with van der Waals surface area (Å²) in [4.78, 5) is 26.3. The van der Waals surface area contributed by atoms with E-state index >= 15 is 0 Å². The Labute approximate surface area is 202 Å². The van der Waals surface area contributed by atoms with Gasteiger partial charge in [0.25, 0.3) is 5.91 Å². The number of aryl methyl sites for hydroxylation is 1. The first kappa shape index (κ1) is 24.0. The van der Waals surface area contributed by atoms with Crippen molar-refractivity contribution in [2.45, 2.75) is 13.3 Å². The lowest BCUT2D eigenvalue weighted by Crippen LogP contribution is -2.37. The van der Waals surface area contributed by atoms with Crippen molar-refractivity contribution in [3.8, 4) is 0 Å². The third kappa shape index (κ3) is 6.07. The summed E-state index contributed by atoms with van der Waals surface area (Å²) < 4.78 is 19.4. The Kier molecular flexibility index (Phi) is 7.78. The summed E-state index contributed by atoms with van der Waals surface area (Å²) in [6, 6.07) is 9.30. The van der Waals surface area contributed by atoms with E-state index in [4.69, 9.17) is 4.74 Å². The summed E-state index contributed by atoms with van der Waals surface area (Å²) in [5, 5.41) is 10.1. The molecule has 0 aliphatic carbocycles. The van der Waals surface area contributed by atoms with Crippen LogP contribution < -0.4 is 21.0 Å². The molecule has 182 valence electrons. The van der Waals surface area contributed by atoms with Gasteiger partial charge in [0, 0.05) is 31.4 Å². The number of carbonyl (C=O) groups is 1. The SMILES string of the molecule is CCc1cc(Nc2ccc(/C=N/Nc3ncc(F)c(N4CCOCC4)n3)nc2)ccc1C(=O)NC. The number of benzene rings is 1. The summed E-state index contributed by atoms with van der Waals surface area (Å²) in [5.74, 6) is -0.172. The van der Waals surface area contributed by atoms with Crippen molar-refractivity contribution in [1.82, 2.24) is 20.3 Å². The van der Waals surface area contributed by atoms with Gasteiger partial charge in [0.2, 0.25) is 5.95 Å². The molecule has 3 N–H and O–H groups in total. The van der Waals surface area contributed by atoms with Crippen LogP contribution in [0.3, 0.4) is 0 Å². The highest BCUT2D eigenvalue weighted by atomic mass is 19.1. The fourth-order valence-corrected chi connectivity index (χ4v) is 3.61. The highest BCUT2D eigenvalue weighted by molar-refractivity contribution is 5.96. The van der Waals surface area contributed by atoms with E-state index in [1.807, 2.05) is 36.1 Å². The molecule has 4 rings (SSSR count). The molecule has 0 radical (unpaired) electrons. The van der Waals surface area contributed by atoms with Crippen molar-refractivity contribution in [2.75, 3.05) is 49.0 Å². The number of pyridine rings is 1. The van der Waals surface area contributed by atoms with E-state index in [1.165, 1.54) is 6.21 Å². The number of anilines is 4. The summed E-state index contributed by atoms with van der Waals surface area (Å²) >= 11 is 0. The standard InChI is InChI=1S/C24H27FN8O2/c1-3-16-12-17(6-7-20(16)23(34)26-2)30-19-5-4-18(27-13-19)14-29-32-24-28-15-21(25)22(31-24)33-8-10-35-11-9-33/h4-7,12-15,30H,3,8-11H2,1-2H3,(H,26,34)(H,28,31,32)/b29-14+. The van der Waals surface area contributed by atoms with Crippen LogP contribution in [0, 0.1) is 5.82 Å². The summed E-state index contributed by atoms with van der Waals surface area (Å²) in [5.41, 5.74) is 6.61. The Morgan fingerprint density at radius 3 is 2.69 bits per heavy atom. The number of rotatable bonds is 8. The van der Waals surface area contributed by atoms with Crippen molar-refractivity contribution in [2.24, 2.45) is 5.10 Å². The number of nitrogens with one attached hydrogen (secondary N) is 3. The van der Waals surface area contributed by atoms with Gasteiger partial charge in [-0.05, 0) is 42.3 Å². The highest BCUT2D eigenvalue weighted by Gasteiger charge is 2.17. The molecular formula is C24H27FN8O2. The van der Waals surface area contributed by atoms with Crippen LogP contribution in [-0.2, 0) is 11.2 Å². The smallest absolute Gasteiger partial charge is 0.251 e. The highest BCUT2D eigenvalue weighted by Crippen LogP contribution is 2.21. The van der Waals surface area contributed by atoms with Gasteiger partial charge in [-0.1, -0.05) is 6.92 Å². The molecular weight excluding hydrogens is 451 g/mol. The summed E-state index contributed by atoms with van der Waals surface area (Å²) in [6.45, 7) is 4.21. The van der Waals surface area contributed by atoms with Gasteiger partial charge in [-0.3, -0.25) is 9.78 Å². The molecule has 3 aromatic rings. The largest absolute Gasteiger partial charge is 0.378 e. The predicted octanol–water partition coefficient (Wildman–Crippen LogP) is 2.96. The van der Waals surface area contributed by atoms with Crippen LogP contribution in [0.2, 0.25) is 0 Å². The average molecular weight is 479 g/mol. The fraction of sp³-hybridized carbons (Fsp3) is 0.292. The molecule has 1 saturated heterocycles. The van der Waals surface area contributed by atoms with Gasteiger partial charge in [0.1, 0.15) is 0 Å². The van der Waals surface area contributed by atoms with Crippen molar-refractivity contribution in [3.05, 3.63) is 65.4 Å². The molecule has 11 heteroatoms. The van der Waals surface area contributed by atoms with Crippen LogP contribution in [0.4, 0.5) is 27.5 Å². The van der Waals surface area contributed by atoms with Crippen molar-refractivity contribution >= 4 is 35.3 Å². The molecule has 3 heterocycles. The van der Waals surface area contributed by atoms with Crippen LogP contribution in [-0.4, -0.2) is 60.4 Å². The van der Waals surface area contributed by atoms with Gasteiger partial charge >= 0.3 is 0 Å². The second kappa shape index (κ2) is 11.3. The zero-order chi connectivity index (χ0) is 24.6. The minimum atomic E-state index is -0.486. The topological polar surface area (TPSA) is 117 Å². The Morgan fingerprint density at radius 2 is 1.97 bits per heavy atom.